The molecule has 0 aromatic carbocycles. The minimum absolute atomic E-state index is 0.117. The van der Waals surface area contributed by atoms with E-state index in [0.717, 1.165) is 30.4 Å². The van der Waals surface area contributed by atoms with E-state index in [-0.39, 0.29) is 29.0 Å². The van der Waals surface area contributed by atoms with E-state index in [9.17, 15) is 15.0 Å². The molecule has 0 bridgehead atoms. The molecule has 6 heteroatoms. The van der Waals surface area contributed by atoms with E-state index in [1.165, 1.54) is 0 Å². The van der Waals surface area contributed by atoms with E-state index < -0.39 is 6.04 Å². The summed E-state index contributed by atoms with van der Waals surface area (Å²) in [7, 11) is 1.55. The Hall–Kier alpha value is -1.69. The summed E-state index contributed by atoms with van der Waals surface area (Å²) < 4.78 is 1.07. The Labute approximate surface area is 112 Å². The van der Waals surface area contributed by atoms with Gasteiger partial charge < -0.3 is 21.4 Å². The third-order valence-electron chi connectivity index (χ3n) is 4.04. The normalized spacial score (nSPS) is 17.6. The van der Waals surface area contributed by atoms with Gasteiger partial charge >= 0.3 is 0 Å². The Kier molecular flexibility index (Phi) is 3.71. The summed E-state index contributed by atoms with van der Waals surface area (Å²) >= 11 is 0. The van der Waals surface area contributed by atoms with Crippen molar-refractivity contribution in [3.8, 4) is 11.8 Å². The lowest BCUT2D eigenvalue weighted by molar-refractivity contribution is 0.0929. The van der Waals surface area contributed by atoms with Crippen LogP contribution in [0.15, 0.2) is 0 Å². The van der Waals surface area contributed by atoms with Gasteiger partial charge in [0.05, 0.1) is 11.6 Å². The van der Waals surface area contributed by atoms with Crippen LogP contribution >= 0.6 is 0 Å². The zero-order chi connectivity index (χ0) is 14.2. The van der Waals surface area contributed by atoms with Crippen LogP contribution in [0, 0.1) is 12.8 Å². The molecule has 1 aliphatic carbocycles. The molecule has 1 aromatic heterocycles. The first-order valence-electron chi connectivity index (χ1n) is 6.59. The molecule has 6 nitrogen and oxygen atoms in total. The van der Waals surface area contributed by atoms with Gasteiger partial charge in [0, 0.05) is 12.6 Å². The predicted molar refractivity (Wildman–Crippen MR) is 72.0 cm³/mol. The van der Waals surface area contributed by atoms with Crippen molar-refractivity contribution in [3.05, 3.63) is 11.1 Å². The van der Waals surface area contributed by atoms with Crippen LogP contribution < -0.4 is 11.2 Å². The summed E-state index contributed by atoms with van der Waals surface area (Å²) in [5.74, 6) is -0.574. The number of carbonyl (C=O) groups is 1. The van der Waals surface area contributed by atoms with Gasteiger partial charge in [-0.25, -0.2) is 0 Å². The first-order valence-corrected chi connectivity index (χ1v) is 6.59. The zero-order valence-corrected chi connectivity index (χ0v) is 11.3. The van der Waals surface area contributed by atoms with Gasteiger partial charge in [0.25, 0.3) is 0 Å². The van der Waals surface area contributed by atoms with E-state index >= 15 is 0 Å². The molecule has 19 heavy (non-hydrogen) atoms. The van der Waals surface area contributed by atoms with Gasteiger partial charge in [-0.1, -0.05) is 12.8 Å². The number of nitrogens with zero attached hydrogens (tertiary/aromatic N) is 1. The average Bonchev–Trinajstić information content (AvgIpc) is 2.98. The van der Waals surface area contributed by atoms with Crippen LogP contribution in [0.4, 0.5) is 0 Å². The number of hydrogen-bond donors (Lipinski definition) is 4. The molecule has 106 valence electrons. The van der Waals surface area contributed by atoms with Crippen molar-refractivity contribution in [2.24, 2.45) is 11.7 Å². The quantitative estimate of drug-likeness (QED) is 0.612. The molecule has 1 aromatic rings. The monoisotopic (exact) mass is 267 g/mol. The van der Waals surface area contributed by atoms with Crippen molar-refractivity contribution in [1.29, 1.82) is 0 Å². The number of hydrogen-bond acceptors (Lipinski definition) is 5. The fourth-order valence-corrected chi connectivity index (χ4v) is 2.86. The minimum Gasteiger partial charge on any atom is -0.493 e. The van der Waals surface area contributed by atoms with Crippen LogP contribution in [0.5, 0.6) is 11.8 Å². The lowest BCUT2D eigenvalue weighted by Gasteiger charge is -2.17. The van der Waals surface area contributed by atoms with Crippen LogP contribution in [0.25, 0.3) is 0 Å². The predicted octanol–water partition coefficient (Wildman–Crippen LogP) is 1.08. The van der Waals surface area contributed by atoms with Crippen LogP contribution in [-0.4, -0.2) is 33.8 Å². The first-order chi connectivity index (χ1) is 8.99. The highest BCUT2D eigenvalue weighted by atomic mass is 16.3. The molecular weight excluding hydrogens is 246 g/mol. The van der Waals surface area contributed by atoms with Crippen LogP contribution in [0.1, 0.15) is 41.6 Å². The molecule has 1 heterocycles. The molecule has 0 aliphatic heterocycles. The van der Waals surface area contributed by atoms with Gasteiger partial charge in [0.15, 0.2) is 5.78 Å². The molecule has 0 amide bonds. The van der Waals surface area contributed by atoms with Gasteiger partial charge in [-0.3, -0.25) is 4.79 Å². The third-order valence-corrected chi connectivity index (χ3v) is 4.04. The number of Topliss-reactive ketones (excluding diaryl/α,β-unsaturated/α-hetero) is 1. The molecule has 0 spiro atoms. The Morgan fingerprint density at radius 3 is 2.42 bits per heavy atom. The summed E-state index contributed by atoms with van der Waals surface area (Å²) in [6.07, 6.45) is 4.09. The lowest BCUT2D eigenvalue weighted by Crippen LogP contribution is -2.37. The maximum Gasteiger partial charge on any atom is 0.224 e. The number of rotatable bonds is 4. The SMILES string of the molecule is CNn1c(O)c(C)c(C(=O)[C@@H](N)C2CCCC2)c1O. The van der Waals surface area contributed by atoms with Gasteiger partial charge in [0.1, 0.15) is 0 Å². The molecule has 1 atom stereocenters. The zero-order valence-electron chi connectivity index (χ0n) is 11.3. The molecule has 0 radical (unpaired) electrons. The smallest absolute Gasteiger partial charge is 0.224 e. The highest BCUT2D eigenvalue weighted by Crippen LogP contribution is 2.35. The maximum atomic E-state index is 12.4. The topological polar surface area (TPSA) is 101 Å². The fourth-order valence-electron chi connectivity index (χ4n) is 2.86. The second-order valence-electron chi connectivity index (χ2n) is 5.14. The fraction of sp³-hybridized carbons (Fsp3) is 0.615. The Balaban J connectivity index is 2.33. The highest BCUT2D eigenvalue weighted by molar-refractivity contribution is 6.04. The largest absolute Gasteiger partial charge is 0.493 e. The molecule has 1 fully saturated rings. The highest BCUT2D eigenvalue weighted by Gasteiger charge is 2.33. The molecule has 1 saturated carbocycles. The van der Waals surface area contributed by atoms with Gasteiger partial charge in [0.2, 0.25) is 11.8 Å². The van der Waals surface area contributed by atoms with Crippen molar-refractivity contribution in [3.63, 3.8) is 0 Å². The summed E-state index contributed by atoms with van der Waals surface area (Å²) in [5.41, 5.74) is 9.10. The number of nitrogens with one attached hydrogen (secondary N) is 1. The van der Waals surface area contributed by atoms with Gasteiger partial charge in [-0.2, -0.15) is 4.68 Å². The van der Waals surface area contributed by atoms with Crippen molar-refractivity contribution in [2.75, 3.05) is 12.5 Å². The van der Waals surface area contributed by atoms with Crippen molar-refractivity contribution >= 4 is 5.78 Å². The molecule has 0 saturated heterocycles. The second kappa shape index (κ2) is 5.13. The summed E-state index contributed by atoms with van der Waals surface area (Å²) in [6.45, 7) is 1.59. The number of ketones is 1. The van der Waals surface area contributed by atoms with Crippen molar-refractivity contribution in [1.82, 2.24) is 4.68 Å². The van der Waals surface area contributed by atoms with E-state index in [0.29, 0.717) is 5.56 Å². The van der Waals surface area contributed by atoms with Crippen LogP contribution in [-0.2, 0) is 0 Å². The Morgan fingerprint density at radius 1 is 1.37 bits per heavy atom. The first kappa shape index (κ1) is 13.7. The molecule has 2 rings (SSSR count). The summed E-state index contributed by atoms with van der Waals surface area (Å²) in [5, 5.41) is 19.9. The van der Waals surface area contributed by atoms with Crippen molar-refractivity contribution < 1.29 is 15.0 Å². The van der Waals surface area contributed by atoms with E-state index in [2.05, 4.69) is 5.43 Å². The molecular formula is C13H21N3O3. The van der Waals surface area contributed by atoms with E-state index in [1.54, 1.807) is 14.0 Å². The summed E-state index contributed by atoms with van der Waals surface area (Å²) in [6, 6.07) is -0.612. The van der Waals surface area contributed by atoms with Crippen LogP contribution in [0.3, 0.4) is 0 Å². The lowest BCUT2D eigenvalue weighted by atomic mass is 9.91. The average molecular weight is 267 g/mol. The minimum atomic E-state index is -0.612. The number of aromatic hydroxyl groups is 2. The van der Waals surface area contributed by atoms with Crippen molar-refractivity contribution in [2.45, 2.75) is 38.6 Å². The molecule has 5 N–H and O–H groups in total. The maximum absolute atomic E-state index is 12.4. The number of carbonyl (C=O) groups excluding carboxylic acids is 1. The Morgan fingerprint density at radius 2 is 1.95 bits per heavy atom. The number of nitrogens with two attached hydrogens (primary N) is 1. The van der Waals surface area contributed by atoms with Crippen LogP contribution in [0.2, 0.25) is 0 Å². The standard InChI is InChI=1S/C13H21N3O3/c1-7-9(13(19)16(15-2)12(7)18)11(17)10(14)8-5-3-4-6-8/h8,10,15,18-19H,3-6,14H2,1-2H3/t10-/m0/s1. The van der Waals surface area contributed by atoms with E-state index in [1.807, 2.05) is 0 Å². The molecule has 1 aliphatic rings. The van der Waals surface area contributed by atoms with Gasteiger partial charge in [-0.15, -0.1) is 0 Å². The second-order valence-corrected chi connectivity index (χ2v) is 5.14. The summed E-state index contributed by atoms with van der Waals surface area (Å²) in [4.78, 5) is 12.4. The van der Waals surface area contributed by atoms with E-state index in [4.69, 9.17) is 5.73 Å². The third kappa shape index (κ3) is 2.16. The molecule has 0 unspecified atom stereocenters. The number of aromatic nitrogens is 1. The Bertz CT molecular complexity index is 490. The van der Waals surface area contributed by atoms with Gasteiger partial charge in [-0.05, 0) is 25.7 Å².